The summed E-state index contributed by atoms with van der Waals surface area (Å²) in [4.78, 5) is 10.0. The van der Waals surface area contributed by atoms with Gasteiger partial charge < -0.3 is 4.74 Å². The second-order valence-electron chi connectivity index (χ2n) is 3.61. The highest BCUT2D eigenvalue weighted by atomic mass is 35.5. The first kappa shape index (κ1) is 12.9. The van der Waals surface area contributed by atoms with E-state index in [-0.39, 0.29) is 10.7 Å². The van der Waals surface area contributed by atoms with Crippen LogP contribution in [0.25, 0.3) is 0 Å². The van der Waals surface area contributed by atoms with Crippen LogP contribution in [-0.4, -0.2) is 4.92 Å². The zero-order valence-corrected chi connectivity index (χ0v) is 10.3. The van der Waals surface area contributed by atoms with E-state index in [9.17, 15) is 10.1 Å². The largest absolute Gasteiger partial charge is 0.456 e. The maximum absolute atomic E-state index is 10.6. The number of nitro groups is 1. The van der Waals surface area contributed by atoms with Gasteiger partial charge in [0.15, 0.2) is 0 Å². The number of benzene rings is 2. The highest BCUT2D eigenvalue weighted by Gasteiger charge is 2.11. The molecule has 5 nitrogen and oxygen atoms in total. The Bertz CT molecular complexity index is 680. The zero-order valence-electron chi connectivity index (χ0n) is 9.54. The normalized spacial score (nSPS) is 9.68. The quantitative estimate of drug-likeness (QED) is 0.628. The summed E-state index contributed by atoms with van der Waals surface area (Å²) in [7, 11) is 0. The van der Waals surface area contributed by atoms with Crippen LogP contribution in [0.5, 0.6) is 11.5 Å². The number of rotatable bonds is 3. The van der Waals surface area contributed by atoms with E-state index in [1.54, 1.807) is 24.3 Å². The van der Waals surface area contributed by atoms with Crippen molar-refractivity contribution in [1.29, 1.82) is 5.26 Å². The lowest BCUT2D eigenvalue weighted by Gasteiger charge is -2.07. The molecule has 0 N–H and O–H groups in total. The molecule has 2 aromatic rings. The van der Waals surface area contributed by atoms with E-state index in [2.05, 4.69) is 0 Å². The molecule has 0 radical (unpaired) electrons. The molecule has 0 bridgehead atoms. The van der Waals surface area contributed by atoms with Crippen LogP contribution in [0, 0.1) is 21.4 Å². The summed E-state index contributed by atoms with van der Waals surface area (Å²) in [6.07, 6.45) is 0. The number of non-ortho nitro benzene ring substituents is 1. The number of nitro benzene ring substituents is 1. The van der Waals surface area contributed by atoms with Crippen molar-refractivity contribution in [2.24, 2.45) is 0 Å². The van der Waals surface area contributed by atoms with E-state index in [1.807, 2.05) is 6.07 Å². The molecule has 0 amide bonds. The van der Waals surface area contributed by atoms with Crippen LogP contribution in [0.15, 0.2) is 42.5 Å². The van der Waals surface area contributed by atoms with Crippen molar-refractivity contribution in [3.8, 4) is 17.6 Å². The Balaban J connectivity index is 2.28. The first-order chi connectivity index (χ1) is 9.10. The maximum atomic E-state index is 10.6. The molecule has 0 aliphatic heterocycles. The van der Waals surface area contributed by atoms with Gasteiger partial charge >= 0.3 is 0 Å². The van der Waals surface area contributed by atoms with Crippen molar-refractivity contribution in [2.45, 2.75) is 0 Å². The van der Waals surface area contributed by atoms with Crippen molar-refractivity contribution in [3.05, 3.63) is 63.2 Å². The summed E-state index contributed by atoms with van der Waals surface area (Å²) < 4.78 is 5.48. The number of hydrogen-bond acceptors (Lipinski definition) is 4. The molecule has 0 aliphatic carbocycles. The van der Waals surface area contributed by atoms with Gasteiger partial charge in [-0.2, -0.15) is 5.26 Å². The van der Waals surface area contributed by atoms with Crippen LogP contribution in [0.1, 0.15) is 5.56 Å². The van der Waals surface area contributed by atoms with Gasteiger partial charge in [-0.15, -0.1) is 0 Å². The van der Waals surface area contributed by atoms with Crippen molar-refractivity contribution in [3.63, 3.8) is 0 Å². The minimum atomic E-state index is -0.536. The highest BCUT2D eigenvalue weighted by Crippen LogP contribution is 2.32. The number of nitrogens with zero attached hydrogens (tertiary/aromatic N) is 2. The van der Waals surface area contributed by atoms with Crippen molar-refractivity contribution >= 4 is 17.3 Å². The molecule has 0 aliphatic rings. The SMILES string of the molecule is N#Cc1cccc(Oc2ccc([N+](=O)[O-])cc2Cl)c1. The fourth-order valence-corrected chi connectivity index (χ4v) is 1.66. The van der Waals surface area contributed by atoms with Gasteiger partial charge in [0.2, 0.25) is 0 Å². The Kier molecular flexibility index (Phi) is 3.64. The highest BCUT2D eigenvalue weighted by molar-refractivity contribution is 6.32. The van der Waals surface area contributed by atoms with E-state index < -0.39 is 4.92 Å². The Morgan fingerprint density at radius 3 is 2.68 bits per heavy atom. The predicted octanol–water partition coefficient (Wildman–Crippen LogP) is 3.91. The summed E-state index contributed by atoms with van der Waals surface area (Å²) in [5, 5.41) is 19.5. The minimum Gasteiger partial charge on any atom is -0.456 e. The summed E-state index contributed by atoms with van der Waals surface area (Å²) >= 11 is 5.90. The molecule has 94 valence electrons. The van der Waals surface area contributed by atoms with Gasteiger partial charge in [0.05, 0.1) is 21.6 Å². The van der Waals surface area contributed by atoms with E-state index in [0.29, 0.717) is 17.1 Å². The summed E-state index contributed by atoms with van der Waals surface area (Å²) in [5.74, 6) is 0.733. The Morgan fingerprint density at radius 2 is 2.05 bits per heavy atom. The summed E-state index contributed by atoms with van der Waals surface area (Å²) in [6, 6.07) is 12.5. The second kappa shape index (κ2) is 5.38. The van der Waals surface area contributed by atoms with Gasteiger partial charge in [0.25, 0.3) is 5.69 Å². The molecule has 0 saturated heterocycles. The Hall–Kier alpha value is -2.58. The molecular formula is C13H7ClN2O3. The molecule has 2 rings (SSSR count). The molecule has 0 unspecified atom stereocenters. The average Bonchev–Trinajstić information content (AvgIpc) is 2.41. The van der Waals surface area contributed by atoms with Crippen LogP contribution in [0.2, 0.25) is 5.02 Å². The second-order valence-corrected chi connectivity index (χ2v) is 4.02. The van der Waals surface area contributed by atoms with E-state index >= 15 is 0 Å². The molecule has 0 fully saturated rings. The average molecular weight is 275 g/mol. The van der Waals surface area contributed by atoms with Gasteiger partial charge in [-0.05, 0) is 24.3 Å². The molecule has 2 aromatic carbocycles. The number of ether oxygens (including phenoxy) is 1. The third-order valence-electron chi connectivity index (χ3n) is 2.32. The van der Waals surface area contributed by atoms with Gasteiger partial charge in [0, 0.05) is 12.1 Å². The van der Waals surface area contributed by atoms with Gasteiger partial charge in [-0.3, -0.25) is 10.1 Å². The molecule has 0 aromatic heterocycles. The maximum Gasteiger partial charge on any atom is 0.271 e. The Labute approximate surface area is 113 Å². The Morgan fingerprint density at radius 1 is 1.26 bits per heavy atom. The number of hydrogen-bond donors (Lipinski definition) is 0. The van der Waals surface area contributed by atoms with E-state index in [4.69, 9.17) is 21.6 Å². The van der Waals surface area contributed by atoms with Gasteiger partial charge in [-0.25, -0.2) is 0 Å². The lowest BCUT2D eigenvalue weighted by molar-refractivity contribution is -0.384. The van der Waals surface area contributed by atoms with E-state index in [1.165, 1.54) is 18.2 Å². The van der Waals surface area contributed by atoms with Crippen LogP contribution >= 0.6 is 11.6 Å². The monoisotopic (exact) mass is 274 g/mol. The van der Waals surface area contributed by atoms with Gasteiger partial charge in [-0.1, -0.05) is 17.7 Å². The zero-order chi connectivity index (χ0) is 13.8. The lowest BCUT2D eigenvalue weighted by Crippen LogP contribution is -1.90. The van der Waals surface area contributed by atoms with Crippen LogP contribution in [0.3, 0.4) is 0 Å². The predicted molar refractivity (Wildman–Crippen MR) is 69.3 cm³/mol. The number of nitriles is 1. The molecular weight excluding hydrogens is 268 g/mol. The summed E-state index contributed by atoms with van der Waals surface area (Å²) in [5.41, 5.74) is 0.346. The van der Waals surface area contributed by atoms with Crippen molar-refractivity contribution in [2.75, 3.05) is 0 Å². The molecule has 0 heterocycles. The third kappa shape index (κ3) is 3.00. The standard InChI is InChI=1S/C13H7ClN2O3/c14-12-7-10(16(17)18)4-5-13(12)19-11-3-1-2-9(6-11)8-15/h1-7H. The van der Waals surface area contributed by atoms with Crippen LogP contribution < -0.4 is 4.74 Å². The van der Waals surface area contributed by atoms with Gasteiger partial charge in [0.1, 0.15) is 11.5 Å². The van der Waals surface area contributed by atoms with Crippen LogP contribution in [-0.2, 0) is 0 Å². The van der Waals surface area contributed by atoms with Crippen molar-refractivity contribution < 1.29 is 9.66 Å². The third-order valence-corrected chi connectivity index (χ3v) is 2.61. The topological polar surface area (TPSA) is 76.2 Å². The van der Waals surface area contributed by atoms with Crippen molar-refractivity contribution in [1.82, 2.24) is 0 Å². The first-order valence-corrected chi connectivity index (χ1v) is 5.60. The van der Waals surface area contributed by atoms with E-state index in [0.717, 1.165) is 0 Å². The van der Waals surface area contributed by atoms with Crippen LogP contribution in [0.4, 0.5) is 5.69 Å². The molecule has 6 heteroatoms. The lowest BCUT2D eigenvalue weighted by atomic mass is 10.2. The fraction of sp³-hybridized carbons (Fsp3) is 0. The molecule has 0 spiro atoms. The molecule has 0 atom stereocenters. The molecule has 0 saturated carbocycles. The first-order valence-electron chi connectivity index (χ1n) is 5.22. The fourth-order valence-electron chi connectivity index (χ4n) is 1.44. The number of halogens is 1. The summed E-state index contributed by atoms with van der Waals surface area (Å²) in [6.45, 7) is 0. The minimum absolute atomic E-state index is 0.108. The smallest absolute Gasteiger partial charge is 0.271 e. The molecule has 19 heavy (non-hydrogen) atoms.